The Hall–Kier alpha value is -1.30. The average Bonchev–Trinajstić information content (AvgIpc) is 2.78. The maximum Gasteiger partial charge on any atom is 0.268 e. The molecule has 1 rings (SSSR count). The lowest BCUT2D eigenvalue weighted by molar-refractivity contribution is 0.0691. The minimum atomic E-state index is 0.00426. The number of hydrogen-bond acceptors (Lipinski definition) is 5. The van der Waals surface area contributed by atoms with Crippen LogP contribution < -0.4 is 11.1 Å². The van der Waals surface area contributed by atoms with Gasteiger partial charge in [0.25, 0.3) is 5.91 Å². The summed E-state index contributed by atoms with van der Waals surface area (Å²) in [6.45, 7) is 11.1. The molecule has 1 aromatic heterocycles. The lowest BCUT2D eigenvalue weighted by Crippen LogP contribution is -2.39. The molecule has 0 radical (unpaired) electrons. The standard InChI is InChI=1S/C15H28N4OS/c1-6-8-9-19(11(5)7-2)14(20)12-13(16)18-15(21-12)17-10(3)4/h10-11H,6-9,16H2,1-5H3,(H,17,18). The Bertz CT molecular complexity index is 459. The number of thiazole rings is 1. The first kappa shape index (κ1) is 17.8. The van der Waals surface area contributed by atoms with Crippen LogP contribution in [-0.4, -0.2) is 34.4 Å². The number of anilines is 2. The van der Waals surface area contributed by atoms with Gasteiger partial charge in [0.05, 0.1) is 0 Å². The summed E-state index contributed by atoms with van der Waals surface area (Å²) in [5.41, 5.74) is 5.94. The molecule has 0 aliphatic carbocycles. The van der Waals surface area contributed by atoms with E-state index in [1.54, 1.807) is 0 Å². The Balaban J connectivity index is 2.94. The third-order valence-electron chi connectivity index (χ3n) is 3.40. The van der Waals surface area contributed by atoms with Crippen molar-refractivity contribution < 1.29 is 4.79 Å². The van der Waals surface area contributed by atoms with Crippen molar-refractivity contribution in [2.75, 3.05) is 17.6 Å². The van der Waals surface area contributed by atoms with Crippen LogP contribution in [0.2, 0.25) is 0 Å². The molecule has 5 nitrogen and oxygen atoms in total. The van der Waals surface area contributed by atoms with Crippen LogP contribution in [0.15, 0.2) is 0 Å². The molecule has 0 fully saturated rings. The van der Waals surface area contributed by atoms with Gasteiger partial charge in [0.1, 0.15) is 10.7 Å². The average molecular weight is 312 g/mol. The van der Waals surface area contributed by atoms with Crippen LogP contribution in [0.1, 0.15) is 63.6 Å². The lowest BCUT2D eigenvalue weighted by atomic mass is 10.2. The Morgan fingerprint density at radius 1 is 1.38 bits per heavy atom. The zero-order valence-corrected chi connectivity index (χ0v) is 14.6. The van der Waals surface area contributed by atoms with Crippen molar-refractivity contribution in [2.24, 2.45) is 0 Å². The third kappa shape index (κ3) is 4.88. The van der Waals surface area contributed by atoms with Gasteiger partial charge in [-0.2, -0.15) is 0 Å². The predicted octanol–water partition coefficient (Wildman–Crippen LogP) is 3.59. The molecular weight excluding hydrogens is 284 g/mol. The highest BCUT2D eigenvalue weighted by Crippen LogP contribution is 2.27. The summed E-state index contributed by atoms with van der Waals surface area (Å²) < 4.78 is 0. The smallest absolute Gasteiger partial charge is 0.268 e. The van der Waals surface area contributed by atoms with Gasteiger partial charge in [-0.1, -0.05) is 31.6 Å². The number of rotatable bonds is 8. The number of amides is 1. The quantitative estimate of drug-likeness (QED) is 0.769. The number of hydrogen-bond donors (Lipinski definition) is 2. The highest BCUT2D eigenvalue weighted by atomic mass is 32.1. The van der Waals surface area contributed by atoms with E-state index >= 15 is 0 Å². The second kappa shape index (κ2) is 8.22. The summed E-state index contributed by atoms with van der Waals surface area (Å²) >= 11 is 1.35. The first-order chi connectivity index (χ1) is 9.90. The summed E-state index contributed by atoms with van der Waals surface area (Å²) in [5, 5.41) is 3.92. The highest BCUT2D eigenvalue weighted by molar-refractivity contribution is 7.18. The minimum Gasteiger partial charge on any atom is -0.382 e. The normalized spacial score (nSPS) is 12.5. The molecule has 1 amide bonds. The zero-order valence-electron chi connectivity index (χ0n) is 13.8. The van der Waals surface area contributed by atoms with Gasteiger partial charge in [-0.3, -0.25) is 4.79 Å². The molecule has 1 unspecified atom stereocenters. The molecule has 0 aromatic carbocycles. The van der Waals surface area contributed by atoms with E-state index in [9.17, 15) is 4.79 Å². The number of nitrogens with two attached hydrogens (primary N) is 1. The van der Waals surface area contributed by atoms with Crippen molar-refractivity contribution in [1.29, 1.82) is 0 Å². The predicted molar refractivity (Wildman–Crippen MR) is 91.0 cm³/mol. The molecule has 0 saturated heterocycles. The van der Waals surface area contributed by atoms with Crippen molar-refractivity contribution in [2.45, 2.75) is 66.0 Å². The maximum absolute atomic E-state index is 12.8. The summed E-state index contributed by atoms with van der Waals surface area (Å²) in [6, 6.07) is 0.483. The van der Waals surface area contributed by atoms with E-state index in [0.29, 0.717) is 15.8 Å². The van der Waals surface area contributed by atoms with Crippen molar-refractivity contribution in [3.05, 3.63) is 4.88 Å². The van der Waals surface area contributed by atoms with Crippen LogP contribution >= 0.6 is 11.3 Å². The van der Waals surface area contributed by atoms with Crippen LogP contribution in [-0.2, 0) is 0 Å². The van der Waals surface area contributed by atoms with Crippen molar-refractivity contribution in [1.82, 2.24) is 9.88 Å². The molecule has 0 saturated carbocycles. The highest BCUT2D eigenvalue weighted by Gasteiger charge is 2.25. The fourth-order valence-electron chi connectivity index (χ4n) is 2.00. The molecule has 0 bridgehead atoms. The van der Waals surface area contributed by atoms with Crippen LogP contribution in [0.3, 0.4) is 0 Å². The van der Waals surface area contributed by atoms with Gasteiger partial charge in [0.2, 0.25) is 0 Å². The minimum absolute atomic E-state index is 0.00426. The number of aromatic nitrogens is 1. The van der Waals surface area contributed by atoms with E-state index in [4.69, 9.17) is 5.73 Å². The first-order valence-electron chi connectivity index (χ1n) is 7.74. The van der Waals surface area contributed by atoms with E-state index < -0.39 is 0 Å². The summed E-state index contributed by atoms with van der Waals surface area (Å²) in [6.07, 6.45) is 3.01. The van der Waals surface area contributed by atoms with Gasteiger partial charge in [0, 0.05) is 18.6 Å². The molecule has 0 spiro atoms. The summed E-state index contributed by atoms with van der Waals surface area (Å²) in [7, 11) is 0. The SMILES string of the molecule is CCCCN(C(=O)c1sc(NC(C)C)nc1N)C(C)CC. The van der Waals surface area contributed by atoms with Crippen LogP contribution in [0.25, 0.3) is 0 Å². The van der Waals surface area contributed by atoms with Crippen molar-refractivity contribution in [3.8, 4) is 0 Å². The number of nitrogens with zero attached hydrogens (tertiary/aromatic N) is 2. The molecule has 3 N–H and O–H groups in total. The number of nitrogens with one attached hydrogen (secondary N) is 1. The molecule has 1 aromatic rings. The van der Waals surface area contributed by atoms with Crippen LogP contribution in [0, 0.1) is 0 Å². The van der Waals surface area contributed by atoms with Crippen molar-refractivity contribution in [3.63, 3.8) is 0 Å². The van der Waals surface area contributed by atoms with Gasteiger partial charge in [-0.25, -0.2) is 4.98 Å². The fourth-order valence-corrected chi connectivity index (χ4v) is 2.98. The van der Waals surface area contributed by atoms with Gasteiger partial charge >= 0.3 is 0 Å². The largest absolute Gasteiger partial charge is 0.382 e. The van der Waals surface area contributed by atoms with Gasteiger partial charge in [-0.15, -0.1) is 0 Å². The monoisotopic (exact) mass is 312 g/mol. The molecule has 0 aliphatic heterocycles. The fraction of sp³-hybridized carbons (Fsp3) is 0.733. The molecular formula is C15H28N4OS. The van der Waals surface area contributed by atoms with E-state index in [1.807, 2.05) is 18.7 Å². The molecule has 6 heteroatoms. The Morgan fingerprint density at radius 3 is 2.57 bits per heavy atom. The third-order valence-corrected chi connectivity index (χ3v) is 4.39. The Labute approximate surface area is 131 Å². The van der Waals surface area contributed by atoms with Crippen LogP contribution in [0.5, 0.6) is 0 Å². The number of carbonyl (C=O) groups is 1. The maximum atomic E-state index is 12.8. The van der Waals surface area contributed by atoms with Gasteiger partial charge in [-0.05, 0) is 33.6 Å². The molecule has 1 heterocycles. The summed E-state index contributed by atoms with van der Waals surface area (Å²) in [5.74, 6) is 0.336. The second-order valence-electron chi connectivity index (χ2n) is 5.64. The van der Waals surface area contributed by atoms with Crippen LogP contribution in [0.4, 0.5) is 10.9 Å². The zero-order chi connectivity index (χ0) is 16.0. The topological polar surface area (TPSA) is 71.2 Å². The van der Waals surface area contributed by atoms with E-state index in [0.717, 1.165) is 25.8 Å². The second-order valence-corrected chi connectivity index (χ2v) is 6.64. The first-order valence-corrected chi connectivity index (χ1v) is 8.56. The lowest BCUT2D eigenvalue weighted by Gasteiger charge is -2.28. The van der Waals surface area contributed by atoms with E-state index in [-0.39, 0.29) is 18.0 Å². The number of carbonyl (C=O) groups excluding carboxylic acids is 1. The molecule has 21 heavy (non-hydrogen) atoms. The number of nitrogen functional groups attached to an aromatic ring is 1. The Kier molecular flexibility index (Phi) is 6.95. The number of unbranched alkanes of at least 4 members (excludes halogenated alkanes) is 1. The summed E-state index contributed by atoms with van der Waals surface area (Å²) in [4.78, 5) is 19.5. The molecule has 120 valence electrons. The van der Waals surface area contributed by atoms with Crippen molar-refractivity contribution >= 4 is 28.2 Å². The van der Waals surface area contributed by atoms with Gasteiger partial charge in [0.15, 0.2) is 5.13 Å². The van der Waals surface area contributed by atoms with Gasteiger partial charge < -0.3 is 16.0 Å². The van der Waals surface area contributed by atoms with E-state index in [1.165, 1.54) is 11.3 Å². The molecule has 1 atom stereocenters. The van der Waals surface area contributed by atoms with E-state index in [2.05, 4.69) is 31.1 Å². The molecule has 0 aliphatic rings. The Morgan fingerprint density at radius 2 is 2.05 bits per heavy atom.